The van der Waals surface area contributed by atoms with E-state index >= 15 is 0 Å². The largest absolute Gasteiger partial charge is 0.449 e. The van der Waals surface area contributed by atoms with Gasteiger partial charge in [0.05, 0.1) is 13.2 Å². The van der Waals surface area contributed by atoms with Crippen molar-refractivity contribution >= 4 is 11.8 Å². The molecule has 0 saturated carbocycles. The second kappa shape index (κ2) is 12.4. The molecule has 188 valence electrons. The van der Waals surface area contributed by atoms with E-state index in [0.29, 0.717) is 6.61 Å². The fourth-order valence-electron chi connectivity index (χ4n) is 4.05. The van der Waals surface area contributed by atoms with Gasteiger partial charge in [0.15, 0.2) is 0 Å². The molecule has 0 radical (unpaired) electrons. The van der Waals surface area contributed by atoms with Gasteiger partial charge in [0, 0.05) is 11.3 Å². The minimum Gasteiger partial charge on any atom is -0.449 e. The smallest absolute Gasteiger partial charge is 0.411 e. The maximum Gasteiger partial charge on any atom is 0.411 e. The topological polar surface area (TPSA) is 54.9 Å². The molecule has 3 N–H and O–H groups in total. The zero-order valence-corrected chi connectivity index (χ0v) is 22.8. The summed E-state index contributed by atoms with van der Waals surface area (Å²) >= 11 is 0. The monoisotopic (exact) mass is 467 g/mol. The van der Waals surface area contributed by atoms with Crippen molar-refractivity contribution in [3.63, 3.8) is 0 Å². The maximum absolute atomic E-state index is 12.0. The second-order valence-corrected chi connectivity index (χ2v) is 11.8. The third kappa shape index (κ3) is 9.89. The average molecular weight is 468 g/mol. The van der Waals surface area contributed by atoms with Gasteiger partial charge in [-0.2, -0.15) is 0 Å². The average Bonchev–Trinajstić information content (AvgIpc) is 2.70. The van der Waals surface area contributed by atoms with Crippen molar-refractivity contribution in [2.75, 3.05) is 18.5 Å². The Labute approximate surface area is 207 Å². The molecule has 4 heteroatoms. The normalized spacial score (nSPS) is 12.0. The van der Waals surface area contributed by atoms with Crippen molar-refractivity contribution < 1.29 is 14.8 Å². The molecule has 0 bridgehead atoms. The lowest BCUT2D eigenvalue weighted by atomic mass is 9.79. The lowest BCUT2D eigenvalue weighted by molar-refractivity contribution is -0.671. The van der Waals surface area contributed by atoms with Crippen LogP contribution in [0, 0.1) is 13.8 Å². The lowest BCUT2D eigenvalue weighted by Gasteiger charge is -2.26. The highest BCUT2D eigenvalue weighted by molar-refractivity contribution is 5.84. The van der Waals surface area contributed by atoms with Crippen molar-refractivity contribution in [3.05, 3.63) is 64.2 Å². The highest BCUT2D eigenvalue weighted by Crippen LogP contribution is 2.30. The van der Waals surface area contributed by atoms with Crippen LogP contribution in [0.15, 0.2) is 36.4 Å². The van der Waals surface area contributed by atoms with Crippen LogP contribution in [0.2, 0.25) is 0 Å². The van der Waals surface area contributed by atoms with Crippen molar-refractivity contribution in [1.29, 1.82) is 0 Å². The Morgan fingerprint density at radius 3 is 1.91 bits per heavy atom. The first-order chi connectivity index (χ1) is 15.8. The Balaban J connectivity index is 1.64. The summed E-state index contributed by atoms with van der Waals surface area (Å²) in [6, 6.07) is 13.1. The zero-order valence-electron chi connectivity index (χ0n) is 22.8. The first-order valence-corrected chi connectivity index (χ1v) is 12.8. The predicted molar refractivity (Wildman–Crippen MR) is 144 cm³/mol. The molecule has 34 heavy (non-hydrogen) atoms. The zero-order chi connectivity index (χ0) is 25.4. The minimum absolute atomic E-state index is 0.161. The molecular formula is C30H47N2O2+. The number of anilines is 1. The Hall–Kier alpha value is -2.33. The molecule has 0 aliphatic rings. The van der Waals surface area contributed by atoms with E-state index in [1.165, 1.54) is 23.1 Å². The SMILES string of the molecule is Cc1cc(C)cc(NC(=O)OCCCCCC[NH2+]Cc2cc(C(C)(C)C)cc(C(C)(C)C)c2)c1. The quantitative estimate of drug-likeness (QED) is 0.379. The number of hydrogen-bond donors (Lipinski definition) is 2. The van der Waals surface area contributed by atoms with Crippen LogP contribution in [0.3, 0.4) is 0 Å². The Bertz CT molecular complexity index is 883. The number of rotatable bonds is 10. The summed E-state index contributed by atoms with van der Waals surface area (Å²) in [5.74, 6) is 0. The standard InChI is InChI=1S/C30H46N2O2/c1-22-15-23(2)17-27(16-22)32-28(33)34-14-12-10-9-11-13-31-21-24-18-25(29(3,4)5)20-26(19-24)30(6,7)8/h15-20,31H,9-14,21H2,1-8H3,(H,32,33)/p+1. The summed E-state index contributed by atoms with van der Waals surface area (Å²) in [6.45, 7) is 20.4. The number of hydrogen-bond acceptors (Lipinski definition) is 2. The van der Waals surface area contributed by atoms with Crippen LogP contribution < -0.4 is 10.6 Å². The molecule has 2 aromatic rings. The molecule has 0 atom stereocenters. The van der Waals surface area contributed by atoms with Gasteiger partial charge in [0.2, 0.25) is 0 Å². The van der Waals surface area contributed by atoms with Crippen LogP contribution in [0.1, 0.15) is 95.0 Å². The van der Waals surface area contributed by atoms with E-state index in [1.54, 1.807) is 0 Å². The Kier molecular flexibility index (Phi) is 10.2. The fraction of sp³-hybridized carbons (Fsp3) is 0.567. The summed E-state index contributed by atoms with van der Waals surface area (Å²) in [6.07, 6.45) is 3.96. The van der Waals surface area contributed by atoms with E-state index < -0.39 is 0 Å². The summed E-state index contributed by atoms with van der Waals surface area (Å²) in [4.78, 5) is 12.0. The first kappa shape index (κ1) is 27.9. The minimum atomic E-state index is -0.370. The molecule has 0 spiro atoms. The molecule has 1 amide bonds. The molecule has 2 aromatic carbocycles. The summed E-state index contributed by atoms with van der Waals surface area (Å²) in [5.41, 5.74) is 7.63. The number of nitrogens with one attached hydrogen (secondary N) is 1. The van der Waals surface area contributed by atoms with Gasteiger partial charge >= 0.3 is 6.09 Å². The molecule has 2 rings (SSSR count). The third-order valence-corrected chi connectivity index (χ3v) is 6.11. The van der Waals surface area contributed by atoms with Gasteiger partial charge in [0.1, 0.15) is 6.54 Å². The molecule has 0 heterocycles. The van der Waals surface area contributed by atoms with Crippen LogP contribution in [-0.4, -0.2) is 19.2 Å². The van der Waals surface area contributed by atoms with Gasteiger partial charge in [-0.05, 0) is 96.9 Å². The number of unbranched alkanes of at least 4 members (excludes halogenated alkanes) is 3. The van der Waals surface area contributed by atoms with Crippen LogP contribution in [-0.2, 0) is 22.1 Å². The molecule has 0 fully saturated rings. The number of aryl methyl sites for hydroxylation is 2. The third-order valence-electron chi connectivity index (χ3n) is 6.11. The summed E-state index contributed by atoms with van der Waals surface area (Å²) < 4.78 is 5.33. The van der Waals surface area contributed by atoms with Crippen molar-refractivity contribution in [1.82, 2.24) is 0 Å². The number of benzene rings is 2. The van der Waals surface area contributed by atoms with E-state index in [4.69, 9.17) is 4.74 Å². The number of carbonyl (C=O) groups is 1. The lowest BCUT2D eigenvalue weighted by Crippen LogP contribution is -2.82. The van der Waals surface area contributed by atoms with Crippen molar-refractivity contribution in [2.24, 2.45) is 0 Å². The molecular weight excluding hydrogens is 420 g/mol. The van der Waals surface area contributed by atoms with E-state index in [-0.39, 0.29) is 16.9 Å². The number of quaternary nitrogens is 1. The summed E-state index contributed by atoms with van der Waals surface area (Å²) in [7, 11) is 0. The fourth-order valence-corrected chi connectivity index (χ4v) is 4.05. The second-order valence-electron chi connectivity index (χ2n) is 11.8. The highest BCUT2D eigenvalue weighted by atomic mass is 16.5. The van der Waals surface area contributed by atoms with Gasteiger partial charge in [-0.1, -0.05) is 53.7 Å². The van der Waals surface area contributed by atoms with Crippen molar-refractivity contribution in [2.45, 2.75) is 98.4 Å². The van der Waals surface area contributed by atoms with E-state index in [0.717, 1.165) is 49.2 Å². The molecule has 0 aliphatic heterocycles. The maximum atomic E-state index is 12.0. The van der Waals surface area contributed by atoms with Crippen LogP contribution >= 0.6 is 0 Å². The van der Waals surface area contributed by atoms with Crippen LogP contribution in [0.4, 0.5) is 10.5 Å². The van der Waals surface area contributed by atoms with Gasteiger partial charge < -0.3 is 10.1 Å². The number of carbonyl (C=O) groups excluding carboxylic acids is 1. The van der Waals surface area contributed by atoms with Gasteiger partial charge in [-0.3, -0.25) is 5.32 Å². The molecule has 0 saturated heterocycles. The predicted octanol–water partition coefficient (Wildman–Crippen LogP) is 6.77. The first-order valence-electron chi connectivity index (χ1n) is 12.8. The summed E-state index contributed by atoms with van der Waals surface area (Å²) in [5, 5.41) is 5.24. The van der Waals surface area contributed by atoms with Gasteiger partial charge in [-0.15, -0.1) is 0 Å². The molecule has 4 nitrogen and oxygen atoms in total. The Morgan fingerprint density at radius 2 is 1.35 bits per heavy atom. The molecule has 0 unspecified atom stereocenters. The van der Waals surface area contributed by atoms with Crippen LogP contribution in [0.5, 0.6) is 0 Å². The number of amides is 1. The number of ether oxygens (including phenoxy) is 1. The molecule has 0 aromatic heterocycles. The Morgan fingerprint density at radius 1 is 0.794 bits per heavy atom. The number of nitrogens with two attached hydrogens (primary N) is 1. The highest BCUT2D eigenvalue weighted by Gasteiger charge is 2.20. The molecule has 0 aliphatic carbocycles. The van der Waals surface area contributed by atoms with Gasteiger partial charge in [-0.25, -0.2) is 4.79 Å². The van der Waals surface area contributed by atoms with E-state index in [1.807, 2.05) is 26.0 Å². The van der Waals surface area contributed by atoms with Crippen LogP contribution in [0.25, 0.3) is 0 Å². The van der Waals surface area contributed by atoms with Crippen molar-refractivity contribution in [3.8, 4) is 0 Å². The van der Waals surface area contributed by atoms with Gasteiger partial charge in [0.25, 0.3) is 0 Å². The van der Waals surface area contributed by atoms with E-state index in [9.17, 15) is 4.79 Å². The van der Waals surface area contributed by atoms with E-state index in [2.05, 4.69) is 76.4 Å².